The summed E-state index contributed by atoms with van der Waals surface area (Å²) in [6.45, 7) is 3.69. The third-order valence-electron chi connectivity index (χ3n) is 2.56. The second kappa shape index (κ2) is 5.94. The number of alkyl halides is 3. The zero-order valence-electron chi connectivity index (χ0n) is 11.2. The monoisotopic (exact) mass is 289 g/mol. The van der Waals surface area contributed by atoms with Crippen molar-refractivity contribution in [3.8, 4) is 5.75 Å². The lowest BCUT2D eigenvalue weighted by Crippen LogP contribution is -2.43. The molecule has 0 aliphatic heterocycles. The van der Waals surface area contributed by atoms with E-state index >= 15 is 0 Å². The Balaban J connectivity index is 2.89. The second-order valence-corrected chi connectivity index (χ2v) is 4.42. The number of carbonyl (C=O) groups is 2. The van der Waals surface area contributed by atoms with Gasteiger partial charge in [0.2, 0.25) is 0 Å². The van der Waals surface area contributed by atoms with Gasteiger partial charge in [-0.2, -0.15) is 13.2 Å². The molecule has 20 heavy (non-hydrogen) atoms. The van der Waals surface area contributed by atoms with E-state index in [1.807, 2.05) is 13.8 Å². The van der Waals surface area contributed by atoms with Crippen LogP contribution in [0.1, 0.15) is 25.3 Å². The van der Waals surface area contributed by atoms with Crippen LogP contribution in [0.2, 0.25) is 0 Å². The predicted octanol–water partition coefficient (Wildman–Crippen LogP) is 3.33. The van der Waals surface area contributed by atoms with E-state index in [0.717, 1.165) is 7.05 Å². The number of hydrogen-bond acceptors (Lipinski definition) is 3. The summed E-state index contributed by atoms with van der Waals surface area (Å²) in [6, 6.07) is 6.45. The van der Waals surface area contributed by atoms with E-state index in [1.54, 1.807) is 18.2 Å². The average Bonchev–Trinajstić information content (AvgIpc) is 2.36. The van der Waals surface area contributed by atoms with Crippen molar-refractivity contribution in [3.05, 3.63) is 29.8 Å². The molecule has 0 unspecified atom stereocenters. The minimum absolute atomic E-state index is 0.0163. The summed E-state index contributed by atoms with van der Waals surface area (Å²) in [6.07, 6.45) is -6.49. The summed E-state index contributed by atoms with van der Waals surface area (Å²) in [7, 11) is 0.718. The predicted molar refractivity (Wildman–Crippen MR) is 65.4 cm³/mol. The van der Waals surface area contributed by atoms with Gasteiger partial charge in [0.25, 0.3) is 0 Å². The van der Waals surface area contributed by atoms with Crippen LogP contribution in [0.15, 0.2) is 24.3 Å². The molecule has 0 atom stereocenters. The first-order valence-electron chi connectivity index (χ1n) is 5.80. The summed E-state index contributed by atoms with van der Waals surface area (Å²) >= 11 is 0. The number of ether oxygens (including phenoxy) is 1. The van der Waals surface area contributed by atoms with Crippen molar-refractivity contribution in [2.75, 3.05) is 7.05 Å². The van der Waals surface area contributed by atoms with Gasteiger partial charge in [-0.3, -0.25) is 4.79 Å². The maximum absolute atomic E-state index is 12.2. The van der Waals surface area contributed by atoms with Crippen LogP contribution in [0.5, 0.6) is 5.75 Å². The van der Waals surface area contributed by atoms with Crippen LogP contribution in [0.25, 0.3) is 0 Å². The number of carbonyl (C=O) groups excluding carboxylic acids is 2. The molecule has 0 saturated heterocycles. The number of para-hydroxylation sites is 1. The van der Waals surface area contributed by atoms with Gasteiger partial charge in [-0.1, -0.05) is 32.0 Å². The van der Waals surface area contributed by atoms with E-state index in [1.165, 1.54) is 6.07 Å². The number of amides is 2. The fraction of sp³-hybridized carbons (Fsp3) is 0.385. The third-order valence-corrected chi connectivity index (χ3v) is 2.56. The van der Waals surface area contributed by atoms with Crippen LogP contribution >= 0.6 is 0 Å². The summed E-state index contributed by atoms with van der Waals surface area (Å²) < 4.78 is 41.5. The van der Waals surface area contributed by atoms with E-state index in [0.29, 0.717) is 5.56 Å². The highest BCUT2D eigenvalue weighted by atomic mass is 19.4. The minimum Gasteiger partial charge on any atom is -0.410 e. The van der Waals surface area contributed by atoms with Crippen molar-refractivity contribution in [1.29, 1.82) is 0 Å². The van der Waals surface area contributed by atoms with Gasteiger partial charge in [-0.05, 0) is 17.5 Å². The van der Waals surface area contributed by atoms with Gasteiger partial charge < -0.3 is 4.74 Å². The fourth-order valence-electron chi connectivity index (χ4n) is 1.49. The number of benzene rings is 1. The first-order valence-corrected chi connectivity index (χ1v) is 5.80. The van der Waals surface area contributed by atoms with E-state index < -0.39 is 18.2 Å². The van der Waals surface area contributed by atoms with Crippen molar-refractivity contribution in [2.24, 2.45) is 0 Å². The Morgan fingerprint density at radius 3 is 2.25 bits per heavy atom. The molecule has 0 aromatic heterocycles. The molecule has 1 aromatic rings. The Morgan fingerprint density at radius 2 is 1.75 bits per heavy atom. The Bertz CT molecular complexity index is 512. The van der Waals surface area contributed by atoms with E-state index in [4.69, 9.17) is 4.74 Å². The smallest absolute Gasteiger partial charge is 0.410 e. The number of halogens is 3. The zero-order chi connectivity index (χ0) is 15.5. The second-order valence-electron chi connectivity index (χ2n) is 4.42. The quantitative estimate of drug-likeness (QED) is 0.839. The molecule has 0 heterocycles. The molecule has 0 N–H and O–H groups in total. The molecule has 0 bridgehead atoms. The van der Waals surface area contributed by atoms with Crippen LogP contribution in [-0.2, 0) is 4.79 Å². The van der Waals surface area contributed by atoms with Gasteiger partial charge in [0.1, 0.15) is 5.75 Å². The molecule has 0 fully saturated rings. The van der Waals surface area contributed by atoms with Crippen LogP contribution < -0.4 is 4.74 Å². The first kappa shape index (κ1) is 16.0. The van der Waals surface area contributed by atoms with Gasteiger partial charge in [0.15, 0.2) is 0 Å². The molecule has 7 heteroatoms. The van der Waals surface area contributed by atoms with Crippen molar-refractivity contribution in [3.63, 3.8) is 0 Å². The first-order chi connectivity index (χ1) is 9.14. The van der Waals surface area contributed by atoms with E-state index in [2.05, 4.69) is 0 Å². The largest absolute Gasteiger partial charge is 0.471 e. The summed E-state index contributed by atoms with van der Waals surface area (Å²) in [4.78, 5) is 22.4. The molecule has 110 valence electrons. The van der Waals surface area contributed by atoms with Crippen LogP contribution in [0.3, 0.4) is 0 Å². The molecule has 0 radical (unpaired) electrons. The highest BCUT2D eigenvalue weighted by Gasteiger charge is 2.44. The number of rotatable bonds is 2. The Morgan fingerprint density at radius 1 is 1.20 bits per heavy atom. The lowest BCUT2D eigenvalue weighted by molar-refractivity contribution is -0.181. The fourth-order valence-corrected chi connectivity index (χ4v) is 1.49. The molecule has 1 rings (SSSR count). The Hall–Kier alpha value is -2.05. The molecule has 0 saturated carbocycles. The summed E-state index contributed by atoms with van der Waals surface area (Å²) in [5.74, 6) is -2.12. The normalized spacial score (nSPS) is 11.3. The van der Waals surface area contributed by atoms with Gasteiger partial charge in [-0.25, -0.2) is 9.69 Å². The highest BCUT2D eigenvalue weighted by molar-refractivity contribution is 5.95. The average molecular weight is 289 g/mol. The van der Waals surface area contributed by atoms with Crippen LogP contribution in [-0.4, -0.2) is 30.1 Å². The molecule has 0 spiro atoms. The SMILES string of the molecule is CC(C)c1ccccc1OC(=O)N(C)C(=O)C(F)(F)F. The van der Waals surface area contributed by atoms with Crippen molar-refractivity contribution in [2.45, 2.75) is 25.9 Å². The molecular formula is C13H14F3NO3. The lowest BCUT2D eigenvalue weighted by Gasteiger charge is -2.18. The van der Waals surface area contributed by atoms with Crippen LogP contribution in [0, 0.1) is 0 Å². The van der Waals surface area contributed by atoms with E-state index in [9.17, 15) is 22.8 Å². The Kier molecular flexibility index (Phi) is 4.75. The van der Waals surface area contributed by atoms with Gasteiger partial charge >= 0.3 is 18.2 Å². The topological polar surface area (TPSA) is 46.6 Å². The summed E-state index contributed by atoms with van der Waals surface area (Å²) in [5.41, 5.74) is 0.661. The van der Waals surface area contributed by atoms with Crippen molar-refractivity contribution >= 4 is 12.0 Å². The maximum Gasteiger partial charge on any atom is 0.471 e. The van der Waals surface area contributed by atoms with Gasteiger partial charge in [0, 0.05) is 7.05 Å². The number of hydrogen-bond donors (Lipinski definition) is 0. The van der Waals surface area contributed by atoms with E-state index in [-0.39, 0.29) is 16.6 Å². The summed E-state index contributed by atoms with van der Waals surface area (Å²) in [5, 5.41) is 0. The molecule has 2 amide bonds. The standard InChI is InChI=1S/C13H14F3NO3/c1-8(2)9-6-4-5-7-10(9)20-12(19)17(3)11(18)13(14,15)16/h4-8H,1-3H3. The molecule has 0 aliphatic carbocycles. The molecule has 4 nitrogen and oxygen atoms in total. The minimum atomic E-state index is -5.12. The molecule has 1 aromatic carbocycles. The maximum atomic E-state index is 12.2. The highest BCUT2D eigenvalue weighted by Crippen LogP contribution is 2.26. The molecule has 0 aliphatic rings. The van der Waals surface area contributed by atoms with Gasteiger partial charge in [-0.15, -0.1) is 0 Å². The molecular weight excluding hydrogens is 275 g/mol. The van der Waals surface area contributed by atoms with Gasteiger partial charge in [0.05, 0.1) is 0 Å². The van der Waals surface area contributed by atoms with Crippen molar-refractivity contribution < 1.29 is 27.5 Å². The Labute approximate surface area is 114 Å². The van der Waals surface area contributed by atoms with Crippen molar-refractivity contribution in [1.82, 2.24) is 4.90 Å². The lowest BCUT2D eigenvalue weighted by atomic mass is 10.0. The number of nitrogens with zero attached hydrogens (tertiary/aromatic N) is 1. The van der Waals surface area contributed by atoms with Crippen LogP contribution in [0.4, 0.5) is 18.0 Å². The zero-order valence-corrected chi connectivity index (χ0v) is 11.2. The number of imide groups is 1. The third kappa shape index (κ3) is 3.72.